The molecule has 0 aliphatic heterocycles. The van der Waals surface area contributed by atoms with Crippen LogP contribution < -0.4 is 5.32 Å². The number of halogens is 1. The summed E-state index contributed by atoms with van der Waals surface area (Å²) in [5.74, 6) is -0.106. The molecule has 0 saturated heterocycles. The Hall–Kier alpha value is -0.870. The fourth-order valence-electron chi connectivity index (χ4n) is 1.44. The molecule has 1 aromatic carbocycles. The normalized spacial score (nSPS) is 12.2. The molecule has 88 valence electrons. The van der Waals surface area contributed by atoms with Gasteiger partial charge >= 0.3 is 0 Å². The van der Waals surface area contributed by atoms with Crippen LogP contribution in [0.3, 0.4) is 0 Å². The van der Waals surface area contributed by atoms with E-state index in [0.29, 0.717) is 12.0 Å². The van der Waals surface area contributed by atoms with Crippen molar-refractivity contribution in [3.63, 3.8) is 0 Å². The highest BCUT2D eigenvalue weighted by Crippen LogP contribution is 2.15. The number of aliphatic hydroxyl groups excluding tert-OH is 1. The van der Waals surface area contributed by atoms with Gasteiger partial charge in [0.1, 0.15) is 0 Å². The lowest BCUT2D eigenvalue weighted by atomic mass is 10.1. The van der Waals surface area contributed by atoms with Crippen molar-refractivity contribution in [2.45, 2.75) is 26.3 Å². The first kappa shape index (κ1) is 13.2. The summed E-state index contributed by atoms with van der Waals surface area (Å²) in [5.41, 5.74) is 1.67. The minimum absolute atomic E-state index is 0.0169. The number of aryl methyl sites for hydroxylation is 1. The number of benzene rings is 1. The second kappa shape index (κ2) is 6.01. The first-order valence-electron chi connectivity index (χ1n) is 5.22. The summed E-state index contributed by atoms with van der Waals surface area (Å²) in [6.45, 7) is 3.90. The highest BCUT2D eigenvalue weighted by molar-refractivity contribution is 9.10. The number of hydrogen-bond donors (Lipinski definition) is 2. The molecule has 0 aliphatic rings. The third-order valence-corrected chi connectivity index (χ3v) is 2.70. The van der Waals surface area contributed by atoms with Crippen LogP contribution in [0.1, 0.15) is 29.3 Å². The maximum Gasteiger partial charge on any atom is 0.251 e. The van der Waals surface area contributed by atoms with E-state index in [9.17, 15) is 4.79 Å². The fourth-order valence-corrected chi connectivity index (χ4v) is 2.05. The van der Waals surface area contributed by atoms with Gasteiger partial charge in [-0.1, -0.05) is 15.9 Å². The van der Waals surface area contributed by atoms with Crippen molar-refractivity contribution in [1.82, 2.24) is 5.32 Å². The summed E-state index contributed by atoms with van der Waals surface area (Å²) in [4.78, 5) is 11.8. The predicted molar refractivity (Wildman–Crippen MR) is 67.5 cm³/mol. The zero-order chi connectivity index (χ0) is 12.1. The van der Waals surface area contributed by atoms with Crippen LogP contribution in [0.15, 0.2) is 22.7 Å². The lowest BCUT2D eigenvalue weighted by Crippen LogP contribution is -2.33. The first-order valence-corrected chi connectivity index (χ1v) is 6.01. The van der Waals surface area contributed by atoms with Crippen molar-refractivity contribution in [3.8, 4) is 0 Å². The molecule has 0 heterocycles. The molecule has 16 heavy (non-hydrogen) atoms. The van der Waals surface area contributed by atoms with E-state index < -0.39 is 0 Å². The van der Waals surface area contributed by atoms with Gasteiger partial charge in [-0.3, -0.25) is 4.79 Å². The molecule has 0 bridgehead atoms. The molecule has 3 nitrogen and oxygen atoms in total. The van der Waals surface area contributed by atoms with Crippen LogP contribution in [-0.4, -0.2) is 23.7 Å². The van der Waals surface area contributed by atoms with Crippen molar-refractivity contribution in [2.75, 3.05) is 6.61 Å². The highest BCUT2D eigenvalue weighted by Gasteiger charge is 2.10. The second-order valence-electron chi connectivity index (χ2n) is 3.90. The van der Waals surface area contributed by atoms with Crippen LogP contribution >= 0.6 is 15.9 Å². The molecule has 1 aromatic rings. The largest absolute Gasteiger partial charge is 0.396 e. The van der Waals surface area contributed by atoms with E-state index in [2.05, 4.69) is 21.2 Å². The van der Waals surface area contributed by atoms with Crippen molar-refractivity contribution in [3.05, 3.63) is 33.8 Å². The van der Waals surface area contributed by atoms with Crippen molar-refractivity contribution >= 4 is 21.8 Å². The number of nitrogens with one attached hydrogen (secondary N) is 1. The van der Waals surface area contributed by atoms with E-state index in [0.717, 1.165) is 10.0 Å². The Bertz CT molecular complexity index is 359. The first-order chi connectivity index (χ1) is 7.52. The molecule has 1 rings (SSSR count). The zero-order valence-electron chi connectivity index (χ0n) is 9.46. The van der Waals surface area contributed by atoms with Crippen LogP contribution in [0.2, 0.25) is 0 Å². The van der Waals surface area contributed by atoms with Gasteiger partial charge in [0.25, 0.3) is 5.91 Å². The van der Waals surface area contributed by atoms with E-state index >= 15 is 0 Å². The van der Waals surface area contributed by atoms with Crippen LogP contribution in [0.25, 0.3) is 0 Å². The quantitative estimate of drug-likeness (QED) is 0.892. The summed E-state index contributed by atoms with van der Waals surface area (Å²) < 4.78 is 0.896. The van der Waals surface area contributed by atoms with Crippen molar-refractivity contribution < 1.29 is 9.90 Å². The number of rotatable bonds is 4. The fraction of sp³-hybridized carbons (Fsp3) is 0.417. The highest BCUT2D eigenvalue weighted by atomic mass is 79.9. The van der Waals surface area contributed by atoms with Crippen LogP contribution in [0.4, 0.5) is 0 Å². The molecule has 1 amide bonds. The Balaban J connectivity index is 2.72. The number of amides is 1. The van der Waals surface area contributed by atoms with Crippen molar-refractivity contribution in [1.29, 1.82) is 0 Å². The average Bonchev–Trinajstić information content (AvgIpc) is 2.16. The van der Waals surface area contributed by atoms with Crippen LogP contribution in [0.5, 0.6) is 0 Å². The Kier molecular flexibility index (Phi) is 4.96. The van der Waals surface area contributed by atoms with E-state index in [4.69, 9.17) is 5.11 Å². The van der Waals surface area contributed by atoms with Gasteiger partial charge in [0, 0.05) is 22.7 Å². The molecule has 0 radical (unpaired) electrons. The molecular weight excluding hydrogens is 270 g/mol. The van der Waals surface area contributed by atoms with Gasteiger partial charge in [0.05, 0.1) is 0 Å². The number of hydrogen-bond acceptors (Lipinski definition) is 2. The topological polar surface area (TPSA) is 49.3 Å². The third kappa shape index (κ3) is 3.94. The lowest BCUT2D eigenvalue weighted by molar-refractivity contribution is 0.0934. The monoisotopic (exact) mass is 285 g/mol. The third-order valence-electron chi connectivity index (χ3n) is 2.24. The Morgan fingerprint density at radius 2 is 2.19 bits per heavy atom. The molecule has 2 N–H and O–H groups in total. The van der Waals surface area contributed by atoms with Crippen molar-refractivity contribution in [2.24, 2.45) is 0 Å². The molecule has 0 aliphatic carbocycles. The average molecular weight is 286 g/mol. The summed E-state index contributed by atoms with van der Waals surface area (Å²) in [7, 11) is 0. The minimum atomic E-state index is -0.106. The van der Waals surface area contributed by atoms with Crippen LogP contribution in [0, 0.1) is 6.92 Å². The Morgan fingerprint density at radius 1 is 1.50 bits per heavy atom. The summed E-state index contributed by atoms with van der Waals surface area (Å²) in [6, 6.07) is 5.56. The lowest BCUT2D eigenvalue weighted by Gasteiger charge is -2.12. The minimum Gasteiger partial charge on any atom is -0.396 e. The van der Waals surface area contributed by atoms with Gasteiger partial charge in [-0.25, -0.2) is 0 Å². The second-order valence-corrected chi connectivity index (χ2v) is 4.82. The number of carbonyl (C=O) groups excluding carboxylic acids is 1. The number of aliphatic hydroxyl groups is 1. The standard InChI is InChI=1S/C12H16BrNO2/c1-8-5-10(7-11(13)6-8)12(16)14-9(2)3-4-15/h5-7,9,15H,3-4H2,1-2H3,(H,14,16). The smallest absolute Gasteiger partial charge is 0.251 e. The molecule has 0 saturated carbocycles. The van der Waals surface area contributed by atoms with E-state index in [1.54, 1.807) is 6.07 Å². The molecule has 4 heteroatoms. The Labute approximate surface area is 104 Å². The Morgan fingerprint density at radius 3 is 2.75 bits per heavy atom. The molecule has 0 aromatic heterocycles. The van der Waals surface area contributed by atoms with Crippen LogP contribution in [-0.2, 0) is 0 Å². The predicted octanol–water partition coefficient (Wildman–Crippen LogP) is 2.26. The number of carbonyl (C=O) groups is 1. The van der Waals surface area contributed by atoms with E-state index in [1.165, 1.54) is 0 Å². The van der Waals surface area contributed by atoms with Gasteiger partial charge in [-0.2, -0.15) is 0 Å². The maximum absolute atomic E-state index is 11.8. The van der Waals surface area contributed by atoms with Gasteiger partial charge in [-0.15, -0.1) is 0 Å². The van der Waals surface area contributed by atoms with E-state index in [-0.39, 0.29) is 18.6 Å². The molecule has 1 atom stereocenters. The summed E-state index contributed by atoms with van der Waals surface area (Å²) in [6.07, 6.45) is 0.568. The maximum atomic E-state index is 11.8. The van der Waals surface area contributed by atoms with Gasteiger partial charge in [0.15, 0.2) is 0 Å². The molecule has 1 unspecified atom stereocenters. The van der Waals surface area contributed by atoms with E-state index in [1.807, 2.05) is 26.0 Å². The van der Waals surface area contributed by atoms with Gasteiger partial charge < -0.3 is 10.4 Å². The summed E-state index contributed by atoms with van der Waals surface area (Å²) in [5, 5.41) is 11.6. The summed E-state index contributed by atoms with van der Waals surface area (Å²) >= 11 is 3.36. The molecular formula is C12H16BrNO2. The molecule has 0 fully saturated rings. The van der Waals surface area contributed by atoms with Gasteiger partial charge in [-0.05, 0) is 44.0 Å². The SMILES string of the molecule is Cc1cc(Br)cc(C(=O)NC(C)CCO)c1. The zero-order valence-corrected chi connectivity index (χ0v) is 11.0. The molecule has 0 spiro atoms. The van der Waals surface area contributed by atoms with Gasteiger partial charge in [0.2, 0.25) is 0 Å².